The maximum Gasteiger partial charge on any atom is 0.255 e. The van der Waals surface area contributed by atoms with Gasteiger partial charge in [-0.05, 0) is 26.3 Å². The molecule has 0 spiro atoms. The highest BCUT2D eigenvalue weighted by atomic mass is 16.2. The first-order valence-electron chi connectivity index (χ1n) is 5.61. The summed E-state index contributed by atoms with van der Waals surface area (Å²) in [4.78, 5) is 18.1. The summed E-state index contributed by atoms with van der Waals surface area (Å²) in [5, 5.41) is 0. The van der Waals surface area contributed by atoms with Gasteiger partial charge < -0.3 is 10.6 Å². The molecule has 0 fully saturated rings. The molecule has 16 heavy (non-hydrogen) atoms. The molecule has 0 saturated heterocycles. The maximum absolute atomic E-state index is 12.2. The Bertz CT molecular complexity index is 377. The number of rotatable bonds is 4. The van der Waals surface area contributed by atoms with Crippen molar-refractivity contribution in [2.24, 2.45) is 0 Å². The van der Waals surface area contributed by atoms with Gasteiger partial charge in [-0.1, -0.05) is 6.92 Å². The van der Waals surface area contributed by atoms with E-state index >= 15 is 0 Å². The molecule has 0 saturated carbocycles. The summed E-state index contributed by atoms with van der Waals surface area (Å²) in [7, 11) is 0. The fraction of sp³-hybridized carbons (Fsp3) is 0.500. The molecule has 88 valence electrons. The fourth-order valence-electron chi connectivity index (χ4n) is 1.61. The predicted octanol–water partition coefficient (Wildman–Crippen LogP) is 1.84. The summed E-state index contributed by atoms with van der Waals surface area (Å²) >= 11 is 0. The van der Waals surface area contributed by atoms with E-state index in [4.69, 9.17) is 5.73 Å². The van der Waals surface area contributed by atoms with Gasteiger partial charge in [-0.2, -0.15) is 0 Å². The Morgan fingerprint density at radius 2 is 2.19 bits per heavy atom. The number of hydrogen-bond donors (Lipinski definition) is 1. The lowest BCUT2D eigenvalue weighted by molar-refractivity contribution is 0.0763. The third-order valence-corrected chi connectivity index (χ3v) is 2.50. The van der Waals surface area contributed by atoms with E-state index < -0.39 is 0 Å². The van der Waals surface area contributed by atoms with Gasteiger partial charge in [-0.3, -0.25) is 9.78 Å². The van der Waals surface area contributed by atoms with E-state index in [1.54, 1.807) is 12.3 Å². The molecule has 0 aromatic carbocycles. The second-order valence-corrected chi connectivity index (χ2v) is 3.79. The van der Waals surface area contributed by atoms with Crippen LogP contribution in [0.5, 0.6) is 0 Å². The number of aromatic nitrogens is 1. The van der Waals surface area contributed by atoms with E-state index in [9.17, 15) is 4.79 Å². The van der Waals surface area contributed by atoms with Crippen molar-refractivity contribution in [1.82, 2.24) is 9.88 Å². The third-order valence-electron chi connectivity index (χ3n) is 2.50. The van der Waals surface area contributed by atoms with E-state index in [1.165, 1.54) is 0 Å². The molecule has 0 radical (unpaired) electrons. The van der Waals surface area contributed by atoms with Crippen LogP contribution in [0.3, 0.4) is 0 Å². The number of amides is 1. The minimum absolute atomic E-state index is 0.0154. The van der Waals surface area contributed by atoms with Crippen LogP contribution in [0.25, 0.3) is 0 Å². The van der Waals surface area contributed by atoms with Gasteiger partial charge in [0.15, 0.2) is 0 Å². The van der Waals surface area contributed by atoms with Gasteiger partial charge in [0.1, 0.15) is 0 Å². The van der Waals surface area contributed by atoms with Crippen molar-refractivity contribution in [3.8, 4) is 0 Å². The monoisotopic (exact) mass is 221 g/mol. The molecule has 4 nitrogen and oxygen atoms in total. The Morgan fingerprint density at radius 1 is 1.50 bits per heavy atom. The highest BCUT2D eigenvalue weighted by Crippen LogP contribution is 2.12. The van der Waals surface area contributed by atoms with Crippen molar-refractivity contribution in [3.05, 3.63) is 23.5 Å². The van der Waals surface area contributed by atoms with Gasteiger partial charge in [-0.15, -0.1) is 0 Å². The summed E-state index contributed by atoms with van der Waals surface area (Å²) in [6.07, 6.45) is 2.52. The van der Waals surface area contributed by atoms with Gasteiger partial charge in [0.2, 0.25) is 0 Å². The summed E-state index contributed by atoms with van der Waals surface area (Å²) in [5.74, 6) is 0.0154. The molecule has 4 heteroatoms. The largest absolute Gasteiger partial charge is 0.397 e. The average molecular weight is 221 g/mol. The Hall–Kier alpha value is -1.58. The molecule has 1 rings (SSSR count). The summed E-state index contributed by atoms with van der Waals surface area (Å²) in [6.45, 7) is 7.33. The van der Waals surface area contributed by atoms with Gasteiger partial charge in [-0.25, -0.2) is 0 Å². The first-order chi connectivity index (χ1) is 7.60. The first-order valence-corrected chi connectivity index (χ1v) is 5.61. The molecule has 1 aromatic heterocycles. The fourth-order valence-corrected chi connectivity index (χ4v) is 1.61. The van der Waals surface area contributed by atoms with E-state index in [2.05, 4.69) is 11.9 Å². The lowest BCUT2D eigenvalue weighted by Gasteiger charge is -2.20. The van der Waals surface area contributed by atoms with Crippen LogP contribution in [0.1, 0.15) is 36.3 Å². The highest BCUT2D eigenvalue weighted by Gasteiger charge is 2.16. The van der Waals surface area contributed by atoms with Crippen LogP contribution in [0.2, 0.25) is 0 Å². The van der Waals surface area contributed by atoms with Crippen LogP contribution in [0, 0.1) is 6.92 Å². The van der Waals surface area contributed by atoms with Crippen LogP contribution in [-0.4, -0.2) is 28.9 Å². The third kappa shape index (κ3) is 2.72. The van der Waals surface area contributed by atoms with Crippen molar-refractivity contribution in [2.45, 2.75) is 27.2 Å². The molecule has 0 atom stereocenters. The number of carbonyl (C=O) groups excluding carboxylic acids is 1. The Morgan fingerprint density at radius 3 is 2.75 bits per heavy atom. The van der Waals surface area contributed by atoms with Crippen molar-refractivity contribution in [1.29, 1.82) is 0 Å². The summed E-state index contributed by atoms with van der Waals surface area (Å²) in [6, 6.07) is 1.70. The van der Waals surface area contributed by atoms with Gasteiger partial charge >= 0.3 is 0 Å². The van der Waals surface area contributed by atoms with Crippen LogP contribution in [0.15, 0.2) is 12.3 Å². The smallest absolute Gasteiger partial charge is 0.255 e. The lowest BCUT2D eigenvalue weighted by atomic mass is 10.1. The molecule has 0 unspecified atom stereocenters. The van der Waals surface area contributed by atoms with Crippen molar-refractivity contribution >= 4 is 11.6 Å². The minimum atomic E-state index is 0.0154. The molecule has 1 amide bonds. The van der Waals surface area contributed by atoms with Gasteiger partial charge in [0, 0.05) is 13.1 Å². The molecule has 0 aliphatic heterocycles. The second-order valence-electron chi connectivity index (χ2n) is 3.79. The molecule has 2 N–H and O–H groups in total. The lowest BCUT2D eigenvalue weighted by Crippen LogP contribution is -2.32. The normalized spacial score (nSPS) is 10.2. The second kappa shape index (κ2) is 5.49. The van der Waals surface area contributed by atoms with Crippen LogP contribution in [0.4, 0.5) is 5.69 Å². The molecular weight excluding hydrogens is 202 g/mol. The molecular formula is C12H19N3O. The van der Waals surface area contributed by atoms with Gasteiger partial charge in [0.05, 0.1) is 23.1 Å². The highest BCUT2D eigenvalue weighted by molar-refractivity contribution is 5.95. The van der Waals surface area contributed by atoms with Crippen LogP contribution in [-0.2, 0) is 0 Å². The van der Waals surface area contributed by atoms with E-state index in [0.717, 1.165) is 18.7 Å². The molecule has 0 bridgehead atoms. The molecule has 1 aromatic rings. The average Bonchev–Trinajstić information content (AvgIpc) is 2.28. The zero-order valence-corrected chi connectivity index (χ0v) is 10.2. The number of aryl methyl sites for hydroxylation is 1. The van der Waals surface area contributed by atoms with Gasteiger partial charge in [0.25, 0.3) is 5.91 Å². The Labute approximate surface area is 96.5 Å². The first kappa shape index (κ1) is 12.5. The number of nitrogen functional groups attached to an aromatic ring is 1. The number of carbonyl (C=O) groups is 1. The Balaban J connectivity index is 2.98. The topological polar surface area (TPSA) is 59.2 Å². The summed E-state index contributed by atoms with van der Waals surface area (Å²) < 4.78 is 0. The molecule has 0 aliphatic rings. The van der Waals surface area contributed by atoms with E-state index in [0.29, 0.717) is 17.8 Å². The molecule has 1 heterocycles. The molecule has 0 aliphatic carbocycles. The standard InChI is InChI=1S/C12H19N3O/c1-4-6-15(5-2)12(16)11-7-10(13)8-14-9(11)3/h7-8H,4-6,13H2,1-3H3. The summed E-state index contributed by atoms with van der Waals surface area (Å²) in [5.41, 5.74) is 7.51. The predicted molar refractivity (Wildman–Crippen MR) is 65.3 cm³/mol. The Kier molecular flexibility index (Phi) is 4.28. The van der Waals surface area contributed by atoms with E-state index in [1.807, 2.05) is 18.7 Å². The number of hydrogen-bond acceptors (Lipinski definition) is 3. The SMILES string of the molecule is CCCN(CC)C(=O)c1cc(N)cnc1C. The number of anilines is 1. The minimum Gasteiger partial charge on any atom is -0.397 e. The maximum atomic E-state index is 12.2. The number of pyridine rings is 1. The zero-order valence-electron chi connectivity index (χ0n) is 10.2. The quantitative estimate of drug-likeness (QED) is 0.844. The van der Waals surface area contributed by atoms with Crippen molar-refractivity contribution < 1.29 is 4.79 Å². The van der Waals surface area contributed by atoms with E-state index in [-0.39, 0.29) is 5.91 Å². The van der Waals surface area contributed by atoms with Crippen LogP contribution >= 0.6 is 0 Å². The number of nitrogens with two attached hydrogens (primary N) is 1. The van der Waals surface area contributed by atoms with Crippen molar-refractivity contribution in [2.75, 3.05) is 18.8 Å². The number of nitrogens with zero attached hydrogens (tertiary/aromatic N) is 2. The zero-order chi connectivity index (χ0) is 12.1. The van der Waals surface area contributed by atoms with Crippen LogP contribution < -0.4 is 5.73 Å². The van der Waals surface area contributed by atoms with Crippen molar-refractivity contribution in [3.63, 3.8) is 0 Å².